The van der Waals surface area contributed by atoms with Crippen molar-refractivity contribution in [1.29, 1.82) is 0 Å². The van der Waals surface area contributed by atoms with Crippen molar-refractivity contribution in [1.82, 2.24) is 9.97 Å². The van der Waals surface area contributed by atoms with Crippen LogP contribution in [0.3, 0.4) is 0 Å². The normalized spacial score (nSPS) is 12.6. The number of nitrogens with one attached hydrogen (secondary N) is 2. The molecule has 0 radical (unpaired) electrons. The van der Waals surface area contributed by atoms with Gasteiger partial charge < -0.3 is 20.1 Å². The van der Waals surface area contributed by atoms with E-state index in [1.807, 2.05) is 43.3 Å². The molecule has 27 heavy (non-hydrogen) atoms. The van der Waals surface area contributed by atoms with Crippen molar-refractivity contribution in [3.05, 3.63) is 59.4 Å². The van der Waals surface area contributed by atoms with Gasteiger partial charge in [0.1, 0.15) is 30.7 Å². The number of nitrogens with zero attached hydrogens (tertiary/aromatic N) is 2. The third-order valence-corrected chi connectivity index (χ3v) is 4.52. The lowest BCUT2D eigenvalue weighted by Gasteiger charge is -2.19. The van der Waals surface area contributed by atoms with E-state index >= 15 is 0 Å². The molecule has 3 aromatic rings. The molecule has 1 aromatic heterocycles. The maximum atomic E-state index is 5.64. The molecule has 2 heterocycles. The van der Waals surface area contributed by atoms with E-state index < -0.39 is 0 Å². The van der Waals surface area contributed by atoms with Crippen LogP contribution in [0.15, 0.2) is 42.5 Å². The van der Waals surface area contributed by atoms with E-state index in [4.69, 9.17) is 9.47 Å². The quantitative estimate of drug-likeness (QED) is 0.703. The zero-order valence-corrected chi connectivity index (χ0v) is 15.7. The molecule has 0 unspecified atom stereocenters. The van der Waals surface area contributed by atoms with E-state index in [1.165, 1.54) is 11.1 Å². The average molecular weight is 362 g/mol. The van der Waals surface area contributed by atoms with Crippen LogP contribution in [0.2, 0.25) is 0 Å². The summed E-state index contributed by atoms with van der Waals surface area (Å²) in [6, 6.07) is 13.8. The summed E-state index contributed by atoms with van der Waals surface area (Å²) in [5, 5.41) is 6.71. The van der Waals surface area contributed by atoms with Gasteiger partial charge in [-0.3, -0.25) is 0 Å². The minimum atomic E-state index is 0.562. The Morgan fingerprint density at radius 1 is 0.815 bits per heavy atom. The molecular formula is C21H22N4O2. The number of aromatic nitrogens is 2. The number of rotatable bonds is 4. The molecule has 0 fully saturated rings. The number of hydrogen-bond donors (Lipinski definition) is 2. The van der Waals surface area contributed by atoms with Crippen molar-refractivity contribution >= 4 is 23.0 Å². The molecule has 0 saturated heterocycles. The van der Waals surface area contributed by atoms with Crippen molar-refractivity contribution in [2.24, 2.45) is 0 Å². The Kier molecular flexibility index (Phi) is 4.54. The molecule has 0 bridgehead atoms. The number of ether oxygens (including phenoxy) is 2. The standard InChI is InChI=1S/C21H22N4O2/c1-13-5-4-6-17(14(13)2)25-21-12-20(22-15(3)23-21)24-16-7-8-18-19(11-16)27-10-9-26-18/h4-8,11-12H,9-10H2,1-3H3,(H2,22,23,24,25). The van der Waals surface area contributed by atoms with Gasteiger partial charge in [0.15, 0.2) is 11.5 Å². The number of benzene rings is 2. The first-order valence-corrected chi connectivity index (χ1v) is 8.94. The van der Waals surface area contributed by atoms with Gasteiger partial charge in [0.25, 0.3) is 0 Å². The molecule has 2 aromatic carbocycles. The van der Waals surface area contributed by atoms with Gasteiger partial charge in [0.05, 0.1) is 0 Å². The smallest absolute Gasteiger partial charge is 0.163 e. The molecular weight excluding hydrogens is 340 g/mol. The molecule has 6 heteroatoms. The summed E-state index contributed by atoms with van der Waals surface area (Å²) < 4.78 is 11.2. The summed E-state index contributed by atoms with van der Waals surface area (Å²) in [5.41, 5.74) is 4.36. The van der Waals surface area contributed by atoms with Crippen LogP contribution in [0.1, 0.15) is 17.0 Å². The Morgan fingerprint density at radius 2 is 1.56 bits per heavy atom. The lowest BCUT2D eigenvalue weighted by Crippen LogP contribution is -2.15. The second kappa shape index (κ2) is 7.15. The molecule has 2 N–H and O–H groups in total. The molecule has 0 atom stereocenters. The molecule has 0 aliphatic carbocycles. The minimum absolute atomic E-state index is 0.562. The molecule has 1 aliphatic rings. The summed E-state index contributed by atoms with van der Waals surface area (Å²) in [5.74, 6) is 3.65. The Labute approximate surface area is 158 Å². The highest BCUT2D eigenvalue weighted by atomic mass is 16.6. The topological polar surface area (TPSA) is 68.3 Å². The third-order valence-electron chi connectivity index (χ3n) is 4.52. The number of hydrogen-bond acceptors (Lipinski definition) is 6. The van der Waals surface area contributed by atoms with Gasteiger partial charge >= 0.3 is 0 Å². The number of aryl methyl sites for hydroxylation is 2. The second-order valence-electron chi connectivity index (χ2n) is 6.54. The Morgan fingerprint density at radius 3 is 2.37 bits per heavy atom. The summed E-state index contributed by atoms with van der Waals surface area (Å²) in [6.07, 6.45) is 0. The van der Waals surface area contributed by atoms with Crippen molar-refractivity contribution in [3.63, 3.8) is 0 Å². The first kappa shape index (κ1) is 17.1. The van der Waals surface area contributed by atoms with Crippen LogP contribution in [-0.2, 0) is 0 Å². The van der Waals surface area contributed by atoms with Gasteiger partial charge in [-0.2, -0.15) is 0 Å². The van der Waals surface area contributed by atoms with E-state index in [2.05, 4.69) is 40.5 Å². The van der Waals surface area contributed by atoms with Crippen molar-refractivity contribution in [2.75, 3.05) is 23.8 Å². The number of fused-ring (bicyclic) bond motifs is 1. The maximum absolute atomic E-state index is 5.64. The van der Waals surface area contributed by atoms with E-state index in [1.54, 1.807) is 0 Å². The molecule has 0 spiro atoms. The van der Waals surface area contributed by atoms with Crippen LogP contribution < -0.4 is 20.1 Å². The zero-order chi connectivity index (χ0) is 18.8. The predicted octanol–water partition coefficient (Wildman–Crippen LogP) is 4.66. The van der Waals surface area contributed by atoms with Crippen molar-refractivity contribution < 1.29 is 9.47 Å². The highest BCUT2D eigenvalue weighted by Gasteiger charge is 2.12. The fourth-order valence-electron chi connectivity index (χ4n) is 2.99. The van der Waals surface area contributed by atoms with Gasteiger partial charge in [-0.15, -0.1) is 0 Å². The van der Waals surface area contributed by atoms with Crippen LogP contribution in [0, 0.1) is 20.8 Å². The Hall–Kier alpha value is -3.28. The molecule has 4 rings (SSSR count). The lowest BCUT2D eigenvalue weighted by atomic mass is 10.1. The van der Waals surface area contributed by atoms with E-state index in [0.717, 1.165) is 28.7 Å². The minimum Gasteiger partial charge on any atom is -0.486 e. The highest BCUT2D eigenvalue weighted by molar-refractivity contribution is 5.67. The average Bonchev–Trinajstić information content (AvgIpc) is 2.65. The largest absolute Gasteiger partial charge is 0.486 e. The second-order valence-corrected chi connectivity index (χ2v) is 6.54. The van der Waals surface area contributed by atoms with Crippen LogP contribution in [0.4, 0.5) is 23.0 Å². The number of anilines is 4. The summed E-state index contributed by atoms with van der Waals surface area (Å²) in [6.45, 7) is 7.22. The van der Waals surface area contributed by atoms with Crippen LogP contribution >= 0.6 is 0 Å². The first-order chi connectivity index (χ1) is 13.1. The van der Waals surface area contributed by atoms with Gasteiger partial charge in [-0.25, -0.2) is 9.97 Å². The molecule has 0 amide bonds. The fraction of sp³-hybridized carbons (Fsp3) is 0.238. The zero-order valence-electron chi connectivity index (χ0n) is 15.7. The van der Waals surface area contributed by atoms with Gasteiger partial charge in [0, 0.05) is 23.5 Å². The van der Waals surface area contributed by atoms with E-state index in [-0.39, 0.29) is 0 Å². The molecule has 138 valence electrons. The third kappa shape index (κ3) is 3.79. The summed E-state index contributed by atoms with van der Waals surface area (Å²) >= 11 is 0. The fourth-order valence-corrected chi connectivity index (χ4v) is 2.99. The summed E-state index contributed by atoms with van der Waals surface area (Å²) in [4.78, 5) is 8.99. The highest BCUT2D eigenvalue weighted by Crippen LogP contribution is 2.33. The molecule has 0 saturated carbocycles. The Balaban J connectivity index is 1.58. The van der Waals surface area contributed by atoms with Gasteiger partial charge in [-0.1, -0.05) is 12.1 Å². The maximum Gasteiger partial charge on any atom is 0.163 e. The SMILES string of the molecule is Cc1nc(Nc2ccc3c(c2)OCCO3)cc(Nc2cccc(C)c2C)n1. The first-order valence-electron chi connectivity index (χ1n) is 8.94. The van der Waals surface area contributed by atoms with E-state index in [0.29, 0.717) is 24.9 Å². The van der Waals surface area contributed by atoms with Crippen molar-refractivity contribution in [2.45, 2.75) is 20.8 Å². The molecule has 6 nitrogen and oxygen atoms in total. The van der Waals surface area contributed by atoms with Gasteiger partial charge in [0.2, 0.25) is 0 Å². The predicted molar refractivity (Wildman–Crippen MR) is 107 cm³/mol. The monoisotopic (exact) mass is 362 g/mol. The van der Waals surface area contributed by atoms with E-state index in [9.17, 15) is 0 Å². The van der Waals surface area contributed by atoms with Crippen LogP contribution in [-0.4, -0.2) is 23.2 Å². The van der Waals surface area contributed by atoms with Gasteiger partial charge in [-0.05, 0) is 50.1 Å². The molecule has 1 aliphatic heterocycles. The van der Waals surface area contributed by atoms with Crippen LogP contribution in [0.25, 0.3) is 0 Å². The summed E-state index contributed by atoms with van der Waals surface area (Å²) in [7, 11) is 0. The lowest BCUT2D eigenvalue weighted by molar-refractivity contribution is 0.171. The van der Waals surface area contributed by atoms with Crippen LogP contribution in [0.5, 0.6) is 11.5 Å². The van der Waals surface area contributed by atoms with Crippen molar-refractivity contribution in [3.8, 4) is 11.5 Å². The Bertz CT molecular complexity index is 988.